The molecule has 2 rings (SSSR count). The largest absolute Gasteiger partial charge is 0.481 e. The van der Waals surface area contributed by atoms with Gasteiger partial charge in [0.15, 0.2) is 0 Å². The molecule has 0 aromatic rings. The number of ether oxygens (including phenoxy) is 1. The third-order valence-corrected chi connectivity index (χ3v) is 4.25. The zero-order valence-electron chi connectivity index (χ0n) is 11.3. The minimum atomic E-state index is -0.847. The molecule has 3 N–H and O–H groups in total. The highest BCUT2D eigenvalue weighted by Crippen LogP contribution is 2.38. The molecule has 1 aliphatic heterocycles. The average Bonchev–Trinajstić information content (AvgIpc) is 2.73. The van der Waals surface area contributed by atoms with Gasteiger partial charge in [0.1, 0.15) is 0 Å². The Morgan fingerprint density at radius 2 is 2.05 bits per heavy atom. The molecule has 0 bridgehead atoms. The van der Waals surface area contributed by atoms with Crippen molar-refractivity contribution in [3.8, 4) is 0 Å². The van der Waals surface area contributed by atoms with Crippen LogP contribution in [0.25, 0.3) is 0 Å². The maximum atomic E-state index is 11.9. The minimum Gasteiger partial charge on any atom is -0.481 e. The van der Waals surface area contributed by atoms with Gasteiger partial charge in [-0.1, -0.05) is 6.42 Å². The number of rotatable bonds is 3. The molecular formula is C13H22N2O4. The van der Waals surface area contributed by atoms with Gasteiger partial charge >= 0.3 is 12.0 Å². The molecular weight excluding hydrogens is 248 g/mol. The van der Waals surface area contributed by atoms with Gasteiger partial charge in [-0.3, -0.25) is 4.79 Å². The van der Waals surface area contributed by atoms with Crippen LogP contribution in [0.4, 0.5) is 4.79 Å². The van der Waals surface area contributed by atoms with Gasteiger partial charge in [-0.05, 0) is 32.6 Å². The molecule has 1 heterocycles. The SMILES string of the molecule is CC1(C(=O)O)CCCC1NC(=O)NC1CCCOC1. The Labute approximate surface area is 112 Å². The van der Waals surface area contributed by atoms with Gasteiger partial charge in [-0.25, -0.2) is 4.79 Å². The van der Waals surface area contributed by atoms with E-state index in [1.54, 1.807) is 6.92 Å². The van der Waals surface area contributed by atoms with Gasteiger partial charge in [0.25, 0.3) is 0 Å². The predicted molar refractivity (Wildman–Crippen MR) is 68.9 cm³/mol. The van der Waals surface area contributed by atoms with E-state index in [-0.39, 0.29) is 18.1 Å². The normalized spacial score (nSPS) is 34.8. The third kappa shape index (κ3) is 3.18. The van der Waals surface area contributed by atoms with Crippen molar-refractivity contribution >= 4 is 12.0 Å². The molecule has 0 spiro atoms. The average molecular weight is 270 g/mol. The number of aliphatic carboxylic acids is 1. The summed E-state index contributed by atoms with van der Waals surface area (Å²) in [7, 11) is 0. The van der Waals surface area contributed by atoms with Crippen molar-refractivity contribution in [1.82, 2.24) is 10.6 Å². The van der Waals surface area contributed by atoms with Crippen LogP contribution in [0.3, 0.4) is 0 Å². The maximum absolute atomic E-state index is 11.9. The van der Waals surface area contributed by atoms with Gasteiger partial charge in [0.2, 0.25) is 0 Å². The minimum absolute atomic E-state index is 0.0336. The Kier molecular flexibility index (Phi) is 4.29. The molecule has 3 unspecified atom stereocenters. The lowest BCUT2D eigenvalue weighted by atomic mass is 9.85. The van der Waals surface area contributed by atoms with Crippen LogP contribution < -0.4 is 10.6 Å². The molecule has 3 atom stereocenters. The Hall–Kier alpha value is -1.30. The first kappa shape index (κ1) is 14.1. The fraction of sp³-hybridized carbons (Fsp3) is 0.846. The Bertz CT molecular complexity index is 355. The standard InChI is InChI=1S/C13H22N2O4/c1-13(11(16)17)6-2-5-10(13)15-12(18)14-9-4-3-7-19-8-9/h9-10H,2-8H2,1H3,(H,16,17)(H2,14,15,18). The van der Waals surface area contributed by atoms with E-state index < -0.39 is 11.4 Å². The molecule has 2 fully saturated rings. The topological polar surface area (TPSA) is 87.7 Å². The molecule has 2 amide bonds. The molecule has 6 heteroatoms. The van der Waals surface area contributed by atoms with Crippen LogP contribution in [0.2, 0.25) is 0 Å². The fourth-order valence-corrected chi connectivity index (χ4v) is 2.89. The van der Waals surface area contributed by atoms with E-state index in [0.717, 1.165) is 32.3 Å². The van der Waals surface area contributed by atoms with Crippen molar-refractivity contribution in [3.05, 3.63) is 0 Å². The molecule has 0 aromatic carbocycles. The lowest BCUT2D eigenvalue weighted by Gasteiger charge is -2.29. The highest BCUT2D eigenvalue weighted by Gasteiger charge is 2.46. The van der Waals surface area contributed by atoms with Crippen LogP contribution in [0, 0.1) is 5.41 Å². The number of carboxylic acid groups (broad SMARTS) is 1. The van der Waals surface area contributed by atoms with Crippen molar-refractivity contribution in [1.29, 1.82) is 0 Å². The molecule has 0 radical (unpaired) electrons. The lowest BCUT2D eigenvalue weighted by Crippen LogP contribution is -2.53. The van der Waals surface area contributed by atoms with E-state index in [0.29, 0.717) is 13.0 Å². The van der Waals surface area contributed by atoms with Crippen LogP contribution in [0.15, 0.2) is 0 Å². The summed E-state index contributed by atoms with van der Waals surface area (Å²) in [6.45, 7) is 2.99. The van der Waals surface area contributed by atoms with Crippen molar-refractivity contribution < 1.29 is 19.4 Å². The smallest absolute Gasteiger partial charge is 0.315 e. The van der Waals surface area contributed by atoms with Crippen LogP contribution in [0.1, 0.15) is 39.0 Å². The summed E-state index contributed by atoms with van der Waals surface area (Å²) in [5.74, 6) is -0.837. The number of carbonyl (C=O) groups excluding carboxylic acids is 1. The molecule has 108 valence electrons. The first-order valence-electron chi connectivity index (χ1n) is 6.90. The van der Waals surface area contributed by atoms with Crippen LogP contribution in [0.5, 0.6) is 0 Å². The highest BCUT2D eigenvalue weighted by molar-refractivity contribution is 5.79. The summed E-state index contributed by atoms with van der Waals surface area (Å²) in [6.07, 6.45) is 4.02. The van der Waals surface area contributed by atoms with Gasteiger partial charge in [0, 0.05) is 12.6 Å². The number of hydrogen-bond donors (Lipinski definition) is 3. The van der Waals surface area contributed by atoms with Crippen LogP contribution in [-0.2, 0) is 9.53 Å². The van der Waals surface area contributed by atoms with Crippen LogP contribution in [-0.4, -0.2) is 42.4 Å². The summed E-state index contributed by atoms with van der Waals surface area (Å²) in [5, 5.41) is 15.0. The summed E-state index contributed by atoms with van der Waals surface area (Å²) in [5.41, 5.74) is -0.847. The monoisotopic (exact) mass is 270 g/mol. The van der Waals surface area contributed by atoms with Gasteiger partial charge in [-0.2, -0.15) is 0 Å². The summed E-state index contributed by atoms with van der Waals surface area (Å²) >= 11 is 0. The zero-order chi connectivity index (χ0) is 13.9. The van der Waals surface area contributed by atoms with Crippen molar-refractivity contribution in [3.63, 3.8) is 0 Å². The van der Waals surface area contributed by atoms with Crippen LogP contribution >= 0.6 is 0 Å². The molecule has 1 saturated carbocycles. The highest BCUT2D eigenvalue weighted by atomic mass is 16.5. The number of carbonyl (C=O) groups is 2. The van der Waals surface area contributed by atoms with Gasteiger partial charge in [-0.15, -0.1) is 0 Å². The summed E-state index contributed by atoms with van der Waals surface area (Å²) in [4.78, 5) is 23.2. The second kappa shape index (κ2) is 5.77. The van der Waals surface area contributed by atoms with E-state index in [4.69, 9.17) is 4.74 Å². The Morgan fingerprint density at radius 3 is 2.68 bits per heavy atom. The van der Waals surface area contributed by atoms with Crippen molar-refractivity contribution in [2.75, 3.05) is 13.2 Å². The molecule has 19 heavy (non-hydrogen) atoms. The van der Waals surface area contributed by atoms with E-state index >= 15 is 0 Å². The molecule has 6 nitrogen and oxygen atoms in total. The van der Waals surface area contributed by atoms with E-state index in [2.05, 4.69) is 10.6 Å². The van der Waals surface area contributed by atoms with Gasteiger partial charge < -0.3 is 20.5 Å². The van der Waals surface area contributed by atoms with Crippen molar-refractivity contribution in [2.45, 2.75) is 51.1 Å². The molecule has 1 aliphatic carbocycles. The van der Waals surface area contributed by atoms with Gasteiger partial charge in [0.05, 0.1) is 18.1 Å². The molecule has 2 aliphatic rings. The number of amides is 2. The van der Waals surface area contributed by atoms with E-state index in [1.807, 2.05) is 0 Å². The molecule has 1 saturated heterocycles. The van der Waals surface area contributed by atoms with E-state index in [1.165, 1.54) is 0 Å². The Balaban J connectivity index is 1.86. The number of hydrogen-bond acceptors (Lipinski definition) is 3. The number of nitrogens with one attached hydrogen (secondary N) is 2. The first-order valence-corrected chi connectivity index (χ1v) is 6.90. The quantitative estimate of drug-likeness (QED) is 0.717. The predicted octanol–water partition coefficient (Wildman–Crippen LogP) is 1.11. The summed E-state index contributed by atoms with van der Waals surface area (Å²) < 4.78 is 5.30. The second-order valence-electron chi connectivity index (χ2n) is 5.70. The number of carboxylic acids is 1. The summed E-state index contributed by atoms with van der Waals surface area (Å²) in [6, 6.07) is -0.546. The Morgan fingerprint density at radius 1 is 1.26 bits per heavy atom. The first-order chi connectivity index (χ1) is 9.02. The van der Waals surface area contributed by atoms with Crippen molar-refractivity contribution in [2.24, 2.45) is 5.41 Å². The maximum Gasteiger partial charge on any atom is 0.315 e. The zero-order valence-corrected chi connectivity index (χ0v) is 11.3. The molecule has 0 aromatic heterocycles. The fourth-order valence-electron chi connectivity index (χ4n) is 2.89. The third-order valence-electron chi connectivity index (χ3n) is 4.25. The second-order valence-corrected chi connectivity index (χ2v) is 5.70. The lowest BCUT2D eigenvalue weighted by molar-refractivity contribution is -0.148. The number of urea groups is 1. The van der Waals surface area contributed by atoms with E-state index in [9.17, 15) is 14.7 Å².